The van der Waals surface area contributed by atoms with Gasteiger partial charge in [0.05, 0.1) is 11.3 Å². The molecular weight excluding hydrogens is 480 g/mol. The number of halogens is 5. The molecule has 170 valence electrons. The summed E-state index contributed by atoms with van der Waals surface area (Å²) in [6, 6.07) is 12.3. The lowest BCUT2D eigenvalue weighted by molar-refractivity contribution is -0.137. The fraction of sp³-hybridized carbons (Fsp3) is 0.136. The minimum Gasteiger partial charge on any atom is -0.322 e. The van der Waals surface area contributed by atoms with Gasteiger partial charge in [-0.05, 0) is 42.0 Å². The number of benzene rings is 2. The van der Waals surface area contributed by atoms with E-state index < -0.39 is 23.5 Å². The fourth-order valence-corrected chi connectivity index (χ4v) is 4.20. The van der Waals surface area contributed by atoms with Gasteiger partial charge in [-0.3, -0.25) is 9.36 Å². The third kappa shape index (κ3) is 5.45. The van der Waals surface area contributed by atoms with E-state index in [-0.39, 0.29) is 23.0 Å². The smallest absolute Gasteiger partial charge is 0.322 e. The summed E-state index contributed by atoms with van der Waals surface area (Å²) in [4.78, 5) is 21.3. The molecule has 0 saturated carbocycles. The molecule has 2 heterocycles. The number of pyridine rings is 1. The molecule has 4 rings (SSSR count). The molecule has 11 heteroatoms. The summed E-state index contributed by atoms with van der Waals surface area (Å²) in [7, 11) is 0. The SMILES string of the molecule is O=C(Cn1c(SCc2cccc(C(F)(F)F)c2)nc2cccnc21)Nc1ccc(Cl)cc1F. The number of nitrogens with one attached hydrogen (secondary N) is 1. The number of aromatic nitrogens is 3. The lowest BCUT2D eigenvalue weighted by atomic mass is 10.1. The quantitative estimate of drug-likeness (QED) is 0.257. The van der Waals surface area contributed by atoms with Gasteiger partial charge in [0, 0.05) is 17.0 Å². The third-order valence-electron chi connectivity index (χ3n) is 4.60. The Morgan fingerprint density at radius 1 is 1.12 bits per heavy atom. The Bertz CT molecular complexity index is 1330. The monoisotopic (exact) mass is 494 g/mol. The van der Waals surface area contributed by atoms with Crippen LogP contribution >= 0.6 is 23.4 Å². The second-order valence-electron chi connectivity index (χ2n) is 6.99. The Balaban J connectivity index is 1.56. The van der Waals surface area contributed by atoms with Gasteiger partial charge in [0.1, 0.15) is 17.9 Å². The number of carbonyl (C=O) groups is 1. The van der Waals surface area contributed by atoms with E-state index in [1.54, 1.807) is 24.4 Å². The fourth-order valence-electron chi connectivity index (χ4n) is 3.10. The maximum atomic E-state index is 14.0. The summed E-state index contributed by atoms with van der Waals surface area (Å²) < 4.78 is 54.6. The van der Waals surface area contributed by atoms with Crippen LogP contribution in [-0.2, 0) is 23.3 Å². The lowest BCUT2D eigenvalue weighted by Gasteiger charge is -2.11. The van der Waals surface area contributed by atoms with E-state index in [9.17, 15) is 22.4 Å². The largest absolute Gasteiger partial charge is 0.416 e. The first-order chi connectivity index (χ1) is 15.7. The van der Waals surface area contributed by atoms with Crippen LogP contribution in [0.4, 0.5) is 23.2 Å². The Morgan fingerprint density at radius 2 is 1.94 bits per heavy atom. The number of rotatable bonds is 6. The molecule has 0 bridgehead atoms. The maximum Gasteiger partial charge on any atom is 0.416 e. The summed E-state index contributed by atoms with van der Waals surface area (Å²) in [6.07, 6.45) is -2.90. The zero-order valence-electron chi connectivity index (χ0n) is 16.7. The molecule has 2 aromatic carbocycles. The second kappa shape index (κ2) is 9.40. The van der Waals surface area contributed by atoms with E-state index in [1.165, 1.54) is 34.5 Å². The van der Waals surface area contributed by atoms with Crippen LogP contribution in [0.2, 0.25) is 5.02 Å². The van der Waals surface area contributed by atoms with E-state index in [4.69, 9.17) is 11.6 Å². The average Bonchev–Trinajstić information content (AvgIpc) is 3.11. The number of nitrogens with zero attached hydrogens (tertiary/aromatic N) is 3. The summed E-state index contributed by atoms with van der Waals surface area (Å²) in [6.45, 7) is -0.222. The molecule has 0 aliphatic heterocycles. The normalized spacial score (nSPS) is 11.7. The van der Waals surface area contributed by atoms with Crippen molar-refractivity contribution in [1.29, 1.82) is 0 Å². The first-order valence-electron chi connectivity index (χ1n) is 9.56. The molecule has 0 spiro atoms. The van der Waals surface area contributed by atoms with Gasteiger partial charge in [-0.2, -0.15) is 13.2 Å². The number of amides is 1. The zero-order chi connectivity index (χ0) is 23.6. The standard InChI is InChI=1S/C22H15ClF4N4OS/c23-15-6-7-17(16(24)10-15)29-19(32)11-31-20-18(5-2-8-28-20)30-21(31)33-12-13-3-1-4-14(9-13)22(25,26)27/h1-10H,11-12H2,(H,29,32). The van der Waals surface area contributed by atoms with Crippen molar-refractivity contribution in [3.05, 3.63) is 82.8 Å². The molecule has 0 atom stereocenters. The maximum absolute atomic E-state index is 14.0. The number of imidazole rings is 1. The average molecular weight is 495 g/mol. The molecule has 0 radical (unpaired) electrons. The molecule has 5 nitrogen and oxygen atoms in total. The van der Waals surface area contributed by atoms with Crippen molar-refractivity contribution in [3.63, 3.8) is 0 Å². The Morgan fingerprint density at radius 3 is 2.70 bits per heavy atom. The molecule has 0 aliphatic carbocycles. The molecule has 0 saturated heterocycles. The summed E-state index contributed by atoms with van der Waals surface area (Å²) >= 11 is 6.91. The number of thioether (sulfide) groups is 1. The lowest BCUT2D eigenvalue weighted by Crippen LogP contribution is -2.20. The second-order valence-corrected chi connectivity index (χ2v) is 8.36. The highest BCUT2D eigenvalue weighted by Crippen LogP contribution is 2.32. The predicted molar refractivity (Wildman–Crippen MR) is 119 cm³/mol. The number of hydrogen-bond acceptors (Lipinski definition) is 4. The molecule has 1 amide bonds. The summed E-state index contributed by atoms with van der Waals surface area (Å²) in [5.41, 5.74) is 0.638. The minimum absolute atomic E-state index is 0.0278. The van der Waals surface area contributed by atoms with E-state index in [2.05, 4.69) is 15.3 Å². The number of anilines is 1. The van der Waals surface area contributed by atoms with Crippen molar-refractivity contribution >= 4 is 46.1 Å². The highest BCUT2D eigenvalue weighted by molar-refractivity contribution is 7.98. The Kier molecular flexibility index (Phi) is 6.57. The van der Waals surface area contributed by atoms with E-state index in [0.29, 0.717) is 21.9 Å². The summed E-state index contributed by atoms with van der Waals surface area (Å²) in [5.74, 6) is -1.01. The number of alkyl halides is 3. The van der Waals surface area contributed by atoms with E-state index in [0.717, 1.165) is 18.2 Å². The first-order valence-corrected chi connectivity index (χ1v) is 10.9. The molecule has 0 aliphatic rings. The predicted octanol–water partition coefficient (Wildman–Crippen LogP) is 6.17. The Labute approximate surface area is 194 Å². The van der Waals surface area contributed by atoms with Crippen molar-refractivity contribution in [2.45, 2.75) is 23.6 Å². The van der Waals surface area contributed by atoms with Gasteiger partial charge in [0.15, 0.2) is 10.8 Å². The molecule has 1 N–H and O–H groups in total. The van der Waals surface area contributed by atoms with Gasteiger partial charge in [-0.15, -0.1) is 0 Å². The topological polar surface area (TPSA) is 59.8 Å². The van der Waals surface area contributed by atoms with Crippen molar-refractivity contribution in [1.82, 2.24) is 14.5 Å². The van der Waals surface area contributed by atoms with Gasteiger partial charge in [-0.1, -0.05) is 41.6 Å². The molecule has 2 aromatic heterocycles. The van der Waals surface area contributed by atoms with Crippen LogP contribution in [-0.4, -0.2) is 20.4 Å². The highest BCUT2D eigenvalue weighted by atomic mass is 35.5. The van der Waals surface area contributed by atoms with Crippen LogP contribution in [0.3, 0.4) is 0 Å². The van der Waals surface area contributed by atoms with Crippen LogP contribution in [0.1, 0.15) is 11.1 Å². The van der Waals surface area contributed by atoms with Crippen LogP contribution in [0.15, 0.2) is 66.0 Å². The minimum atomic E-state index is -4.44. The third-order valence-corrected chi connectivity index (χ3v) is 5.88. The van der Waals surface area contributed by atoms with Gasteiger partial charge < -0.3 is 5.32 Å². The van der Waals surface area contributed by atoms with Crippen LogP contribution in [0.25, 0.3) is 11.2 Å². The van der Waals surface area contributed by atoms with Crippen molar-refractivity contribution in [2.75, 3.05) is 5.32 Å². The number of fused-ring (bicyclic) bond motifs is 1. The van der Waals surface area contributed by atoms with Crippen molar-refractivity contribution < 1.29 is 22.4 Å². The van der Waals surface area contributed by atoms with Gasteiger partial charge in [0.2, 0.25) is 5.91 Å². The van der Waals surface area contributed by atoms with Crippen LogP contribution in [0, 0.1) is 5.82 Å². The number of hydrogen-bond donors (Lipinski definition) is 1. The van der Waals surface area contributed by atoms with Crippen LogP contribution in [0.5, 0.6) is 0 Å². The van der Waals surface area contributed by atoms with Gasteiger partial charge in [0.25, 0.3) is 0 Å². The Hall–Kier alpha value is -3.11. The van der Waals surface area contributed by atoms with Gasteiger partial charge in [-0.25, -0.2) is 14.4 Å². The van der Waals surface area contributed by atoms with Gasteiger partial charge >= 0.3 is 6.18 Å². The molecule has 0 unspecified atom stereocenters. The molecular formula is C22H15ClF4N4OS. The highest BCUT2D eigenvalue weighted by Gasteiger charge is 2.30. The van der Waals surface area contributed by atoms with Crippen molar-refractivity contribution in [3.8, 4) is 0 Å². The zero-order valence-corrected chi connectivity index (χ0v) is 18.3. The van der Waals surface area contributed by atoms with Crippen molar-refractivity contribution in [2.24, 2.45) is 0 Å². The van der Waals surface area contributed by atoms with E-state index in [1.807, 2.05) is 0 Å². The first kappa shape index (κ1) is 23.1. The van der Waals surface area contributed by atoms with Crippen LogP contribution < -0.4 is 5.32 Å². The molecule has 0 fully saturated rings. The van der Waals surface area contributed by atoms with E-state index >= 15 is 0 Å². The molecule has 4 aromatic rings. The molecule has 33 heavy (non-hydrogen) atoms. The number of carbonyl (C=O) groups excluding carboxylic acids is 1. The summed E-state index contributed by atoms with van der Waals surface area (Å²) in [5, 5.41) is 3.08.